The molecule has 1 aromatic carbocycles. The lowest BCUT2D eigenvalue weighted by Crippen LogP contribution is -2.22. The number of furan rings is 1. The Balaban J connectivity index is 2.26. The van der Waals surface area contributed by atoms with Crippen molar-refractivity contribution in [3.8, 4) is 0 Å². The molecule has 0 aliphatic carbocycles. The van der Waals surface area contributed by atoms with Crippen molar-refractivity contribution < 1.29 is 9.21 Å². The molecule has 3 heteroatoms. The molecular weight excluding hydrogens is 190 g/mol. The lowest BCUT2D eigenvalue weighted by atomic mass is 10.2. The molecule has 0 radical (unpaired) electrons. The first-order valence-corrected chi connectivity index (χ1v) is 4.86. The first-order chi connectivity index (χ1) is 7.16. The molecule has 0 aliphatic rings. The standard InChI is InChI=1S/C12H13NO2/c1-9(14)13(2)8-11-7-10-5-3-4-6-12(10)15-11/h3-7H,8H2,1-2H3. The van der Waals surface area contributed by atoms with Gasteiger partial charge in [0.15, 0.2) is 0 Å². The lowest BCUT2D eigenvalue weighted by Gasteiger charge is -2.11. The number of hydrogen-bond acceptors (Lipinski definition) is 2. The Morgan fingerprint density at radius 2 is 2.13 bits per heavy atom. The van der Waals surface area contributed by atoms with Gasteiger partial charge in [0.25, 0.3) is 0 Å². The summed E-state index contributed by atoms with van der Waals surface area (Å²) >= 11 is 0. The quantitative estimate of drug-likeness (QED) is 0.751. The lowest BCUT2D eigenvalue weighted by molar-refractivity contribution is -0.128. The van der Waals surface area contributed by atoms with Crippen LogP contribution in [-0.2, 0) is 11.3 Å². The second-order valence-electron chi connectivity index (χ2n) is 3.63. The molecule has 0 saturated carbocycles. The summed E-state index contributed by atoms with van der Waals surface area (Å²) in [6, 6.07) is 9.79. The Morgan fingerprint density at radius 3 is 2.80 bits per heavy atom. The van der Waals surface area contributed by atoms with Crippen LogP contribution in [0.4, 0.5) is 0 Å². The number of para-hydroxylation sites is 1. The second-order valence-corrected chi connectivity index (χ2v) is 3.63. The van der Waals surface area contributed by atoms with Crippen molar-refractivity contribution in [1.82, 2.24) is 4.90 Å². The van der Waals surface area contributed by atoms with Gasteiger partial charge in [0.1, 0.15) is 11.3 Å². The Bertz CT molecular complexity index is 454. The number of carbonyl (C=O) groups excluding carboxylic acids is 1. The van der Waals surface area contributed by atoms with Gasteiger partial charge < -0.3 is 9.32 Å². The van der Waals surface area contributed by atoms with Crippen molar-refractivity contribution in [1.29, 1.82) is 0 Å². The molecule has 1 aromatic heterocycles. The van der Waals surface area contributed by atoms with Crippen molar-refractivity contribution in [2.45, 2.75) is 13.5 Å². The van der Waals surface area contributed by atoms with Crippen LogP contribution < -0.4 is 0 Å². The molecule has 2 aromatic rings. The Hall–Kier alpha value is -1.77. The number of carbonyl (C=O) groups is 1. The van der Waals surface area contributed by atoms with E-state index in [1.54, 1.807) is 18.9 Å². The molecule has 0 fully saturated rings. The van der Waals surface area contributed by atoms with Crippen LogP contribution in [0.1, 0.15) is 12.7 Å². The predicted molar refractivity (Wildman–Crippen MR) is 58.4 cm³/mol. The molecule has 0 saturated heterocycles. The van der Waals surface area contributed by atoms with Crippen LogP contribution in [-0.4, -0.2) is 17.9 Å². The minimum atomic E-state index is 0.0375. The maximum Gasteiger partial charge on any atom is 0.219 e. The smallest absolute Gasteiger partial charge is 0.219 e. The van der Waals surface area contributed by atoms with Crippen molar-refractivity contribution >= 4 is 16.9 Å². The summed E-state index contributed by atoms with van der Waals surface area (Å²) in [7, 11) is 1.76. The van der Waals surface area contributed by atoms with Crippen LogP contribution in [0.15, 0.2) is 34.7 Å². The van der Waals surface area contributed by atoms with E-state index in [2.05, 4.69) is 0 Å². The highest BCUT2D eigenvalue weighted by atomic mass is 16.3. The monoisotopic (exact) mass is 203 g/mol. The summed E-state index contributed by atoms with van der Waals surface area (Å²) in [5.41, 5.74) is 0.865. The zero-order chi connectivity index (χ0) is 10.8. The molecule has 1 amide bonds. The summed E-state index contributed by atoms with van der Waals surface area (Å²) in [6.45, 7) is 2.06. The number of hydrogen-bond donors (Lipinski definition) is 0. The molecule has 3 nitrogen and oxygen atoms in total. The van der Waals surface area contributed by atoms with Gasteiger partial charge in [-0.15, -0.1) is 0 Å². The van der Waals surface area contributed by atoms with Crippen molar-refractivity contribution in [3.63, 3.8) is 0 Å². The van der Waals surface area contributed by atoms with Gasteiger partial charge in [0.05, 0.1) is 6.54 Å². The third-order valence-corrected chi connectivity index (χ3v) is 2.41. The molecule has 0 N–H and O–H groups in total. The minimum Gasteiger partial charge on any atom is -0.459 e. The van der Waals surface area contributed by atoms with E-state index in [0.29, 0.717) is 6.54 Å². The highest BCUT2D eigenvalue weighted by molar-refractivity contribution is 5.78. The summed E-state index contributed by atoms with van der Waals surface area (Å²) < 4.78 is 5.59. The van der Waals surface area contributed by atoms with E-state index in [1.165, 1.54) is 0 Å². The van der Waals surface area contributed by atoms with Gasteiger partial charge in [0.2, 0.25) is 5.91 Å². The van der Waals surface area contributed by atoms with Gasteiger partial charge in [-0.3, -0.25) is 4.79 Å². The predicted octanol–water partition coefficient (Wildman–Crippen LogP) is 2.41. The molecule has 15 heavy (non-hydrogen) atoms. The second kappa shape index (κ2) is 3.77. The number of rotatable bonds is 2. The third-order valence-electron chi connectivity index (χ3n) is 2.41. The van der Waals surface area contributed by atoms with E-state index in [4.69, 9.17) is 4.42 Å². The van der Waals surface area contributed by atoms with Gasteiger partial charge in [0, 0.05) is 19.4 Å². The van der Waals surface area contributed by atoms with Crippen LogP contribution in [0.2, 0.25) is 0 Å². The van der Waals surface area contributed by atoms with Gasteiger partial charge in [-0.25, -0.2) is 0 Å². The van der Waals surface area contributed by atoms with Gasteiger partial charge >= 0.3 is 0 Å². The fourth-order valence-electron chi connectivity index (χ4n) is 1.46. The van der Waals surface area contributed by atoms with Gasteiger partial charge in [-0.1, -0.05) is 18.2 Å². The largest absolute Gasteiger partial charge is 0.459 e. The van der Waals surface area contributed by atoms with E-state index in [-0.39, 0.29) is 5.91 Å². The number of nitrogens with zero attached hydrogens (tertiary/aromatic N) is 1. The van der Waals surface area contributed by atoms with E-state index >= 15 is 0 Å². The molecule has 0 bridgehead atoms. The Labute approximate surface area is 88.3 Å². The highest BCUT2D eigenvalue weighted by Crippen LogP contribution is 2.19. The van der Waals surface area contributed by atoms with E-state index in [1.807, 2.05) is 30.3 Å². The molecule has 0 aliphatic heterocycles. The summed E-state index contributed by atoms with van der Waals surface area (Å²) in [4.78, 5) is 12.7. The summed E-state index contributed by atoms with van der Waals surface area (Å²) in [6.07, 6.45) is 0. The molecule has 0 unspecified atom stereocenters. The van der Waals surface area contributed by atoms with Crippen LogP contribution in [0, 0.1) is 0 Å². The molecule has 2 rings (SSSR count). The van der Waals surface area contributed by atoms with Gasteiger partial charge in [-0.05, 0) is 12.1 Å². The van der Waals surface area contributed by atoms with Crippen molar-refractivity contribution in [2.24, 2.45) is 0 Å². The fraction of sp³-hybridized carbons (Fsp3) is 0.250. The maximum absolute atomic E-state index is 11.0. The zero-order valence-corrected chi connectivity index (χ0v) is 8.86. The fourth-order valence-corrected chi connectivity index (χ4v) is 1.46. The van der Waals surface area contributed by atoms with E-state index in [0.717, 1.165) is 16.7 Å². The van der Waals surface area contributed by atoms with Crippen LogP contribution in [0.25, 0.3) is 11.0 Å². The first kappa shape index (κ1) is 9.77. The van der Waals surface area contributed by atoms with Crippen LogP contribution >= 0.6 is 0 Å². The average Bonchev–Trinajstić information content (AvgIpc) is 2.59. The van der Waals surface area contributed by atoms with E-state index < -0.39 is 0 Å². The molecule has 1 heterocycles. The van der Waals surface area contributed by atoms with Gasteiger partial charge in [-0.2, -0.15) is 0 Å². The Morgan fingerprint density at radius 1 is 1.40 bits per heavy atom. The summed E-state index contributed by atoms with van der Waals surface area (Å²) in [5, 5.41) is 1.07. The highest BCUT2D eigenvalue weighted by Gasteiger charge is 2.07. The van der Waals surface area contributed by atoms with Crippen molar-refractivity contribution in [3.05, 3.63) is 36.1 Å². The summed E-state index contributed by atoms with van der Waals surface area (Å²) in [5.74, 6) is 0.851. The first-order valence-electron chi connectivity index (χ1n) is 4.86. The molecule has 0 atom stereocenters. The zero-order valence-electron chi connectivity index (χ0n) is 8.86. The molecule has 78 valence electrons. The molecular formula is C12H13NO2. The van der Waals surface area contributed by atoms with Crippen molar-refractivity contribution in [2.75, 3.05) is 7.05 Å². The topological polar surface area (TPSA) is 33.5 Å². The molecule has 0 spiro atoms. The Kier molecular flexibility index (Phi) is 2.46. The van der Waals surface area contributed by atoms with E-state index in [9.17, 15) is 4.79 Å². The number of fused-ring (bicyclic) bond motifs is 1. The third kappa shape index (κ3) is 2.01. The normalized spacial score (nSPS) is 10.5. The number of amides is 1. The average molecular weight is 203 g/mol. The maximum atomic E-state index is 11.0. The number of benzene rings is 1. The SMILES string of the molecule is CC(=O)N(C)Cc1cc2ccccc2o1. The van der Waals surface area contributed by atoms with Crippen LogP contribution in [0.3, 0.4) is 0 Å². The minimum absolute atomic E-state index is 0.0375. The van der Waals surface area contributed by atoms with Crippen LogP contribution in [0.5, 0.6) is 0 Å².